The summed E-state index contributed by atoms with van der Waals surface area (Å²) in [6, 6.07) is 6.48. The topological polar surface area (TPSA) is 44.5 Å². The molecule has 5 heteroatoms. The van der Waals surface area contributed by atoms with Crippen LogP contribution in [0.1, 0.15) is 36.0 Å². The van der Waals surface area contributed by atoms with Crippen molar-refractivity contribution < 1.29 is 5.11 Å². The van der Waals surface area contributed by atoms with Gasteiger partial charge in [-0.15, -0.1) is 0 Å². The number of rotatable bonds is 3. The minimum Gasteiger partial charge on any atom is -0.392 e. The van der Waals surface area contributed by atoms with E-state index in [0.29, 0.717) is 0 Å². The van der Waals surface area contributed by atoms with Crippen molar-refractivity contribution in [3.05, 3.63) is 47.3 Å². The molecule has 4 rings (SSSR count). The van der Waals surface area contributed by atoms with Gasteiger partial charge in [0.1, 0.15) is 0 Å². The molecule has 146 valence electrons. The first kappa shape index (κ1) is 18.7. The third-order valence-electron chi connectivity index (χ3n) is 6.49. The number of benzene rings is 1. The molecule has 2 fully saturated rings. The molecule has 2 saturated heterocycles. The smallest absolute Gasteiger partial charge is 0.0695 e. The number of aryl methyl sites for hydroxylation is 2. The Kier molecular flexibility index (Phi) is 5.10. The van der Waals surface area contributed by atoms with E-state index >= 15 is 0 Å². The van der Waals surface area contributed by atoms with Gasteiger partial charge < -0.3 is 10.0 Å². The second-order valence-corrected chi connectivity index (χ2v) is 8.75. The van der Waals surface area contributed by atoms with Crippen LogP contribution < -0.4 is 0 Å². The highest BCUT2D eigenvalue weighted by atomic mass is 16.3. The predicted molar refractivity (Wildman–Crippen MR) is 108 cm³/mol. The molecule has 0 saturated carbocycles. The first-order valence-corrected chi connectivity index (χ1v) is 10.2. The number of hydrogen-bond acceptors (Lipinski definition) is 4. The predicted octanol–water partition coefficient (Wildman–Crippen LogP) is 2.77. The molecular formula is C22H32N4O. The largest absolute Gasteiger partial charge is 0.392 e. The van der Waals surface area contributed by atoms with Crippen molar-refractivity contribution in [3.8, 4) is 5.69 Å². The van der Waals surface area contributed by atoms with Gasteiger partial charge in [0.15, 0.2) is 0 Å². The molecule has 0 aliphatic carbocycles. The molecule has 27 heavy (non-hydrogen) atoms. The molecule has 1 N–H and O–H groups in total. The van der Waals surface area contributed by atoms with Gasteiger partial charge in [-0.2, -0.15) is 5.10 Å². The molecule has 1 aromatic heterocycles. The summed E-state index contributed by atoms with van der Waals surface area (Å²) in [7, 11) is 2.19. The zero-order valence-electron chi connectivity index (χ0n) is 16.9. The Labute approximate surface area is 162 Å². The minimum atomic E-state index is -0.179. The van der Waals surface area contributed by atoms with Gasteiger partial charge in [-0.05, 0) is 75.5 Å². The second kappa shape index (κ2) is 7.38. The van der Waals surface area contributed by atoms with E-state index in [4.69, 9.17) is 0 Å². The van der Waals surface area contributed by atoms with Crippen molar-refractivity contribution in [2.45, 2.75) is 45.8 Å². The maximum Gasteiger partial charge on any atom is 0.0695 e. The van der Waals surface area contributed by atoms with E-state index in [1.54, 1.807) is 0 Å². The second-order valence-electron chi connectivity index (χ2n) is 8.75. The Hall–Kier alpha value is -1.69. The van der Waals surface area contributed by atoms with Crippen LogP contribution in [0, 0.1) is 19.3 Å². The summed E-state index contributed by atoms with van der Waals surface area (Å²) in [6.07, 6.45) is 6.87. The van der Waals surface area contributed by atoms with Crippen LogP contribution in [0.3, 0.4) is 0 Å². The molecule has 1 spiro atoms. The number of aromatic nitrogens is 2. The number of aliphatic hydroxyl groups is 1. The summed E-state index contributed by atoms with van der Waals surface area (Å²) < 4.78 is 1.98. The zero-order valence-corrected chi connectivity index (χ0v) is 16.9. The molecule has 0 bridgehead atoms. The molecule has 5 nitrogen and oxygen atoms in total. The molecule has 2 aliphatic heterocycles. The first-order chi connectivity index (χ1) is 13.0. The summed E-state index contributed by atoms with van der Waals surface area (Å²) in [5.41, 5.74) is 5.14. The fraction of sp³-hybridized carbons (Fsp3) is 0.591. The van der Waals surface area contributed by atoms with E-state index in [0.717, 1.165) is 52.0 Å². The Morgan fingerprint density at radius 3 is 2.85 bits per heavy atom. The molecule has 1 aromatic carbocycles. The Morgan fingerprint density at radius 2 is 2.07 bits per heavy atom. The maximum atomic E-state index is 10.8. The van der Waals surface area contributed by atoms with Gasteiger partial charge in [0.25, 0.3) is 0 Å². The van der Waals surface area contributed by atoms with Gasteiger partial charge in [0.05, 0.1) is 11.8 Å². The van der Waals surface area contributed by atoms with E-state index in [1.807, 2.05) is 23.1 Å². The third-order valence-corrected chi connectivity index (χ3v) is 6.49. The Bertz CT molecular complexity index is 788. The van der Waals surface area contributed by atoms with Crippen molar-refractivity contribution in [1.29, 1.82) is 0 Å². The fourth-order valence-corrected chi connectivity index (χ4v) is 5.19. The van der Waals surface area contributed by atoms with Crippen molar-refractivity contribution >= 4 is 0 Å². The van der Waals surface area contributed by atoms with Gasteiger partial charge in [0.2, 0.25) is 0 Å². The lowest BCUT2D eigenvalue weighted by molar-refractivity contribution is -0.0808. The van der Waals surface area contributed by atoms with Crippen LogP contribution in [0.4, 0.5) is 0 Å². The highest BCUT2D eigenvalue weighted by Crippen LogP contribution is 2.39. The highest BCUT2D eigenvalue weighted by Gasteiger charge is 2.44. The molecule has 3 heterocycles. The molecule has 0 unspecified atom stereocenters. The van der Waals surface area contributed by atoms with Crippen LogP contribution in [0.2, 0.25) is 0 Å². The van der Waals surface area contributed by atoms with Gasteiger partial charge in [-0.25, -0.2) is 4.68 Å². The van der Waals surface area contributed by atoms with Gasteiger partial charge in [-0.3, -0.25) is 4.90 Å². The number of nitrogens with zero attached hydrogens (tertiary/aromatic N) is 4. The highest BCUT2D eigenvalue weighted by molar-refractivity contribution is 5.48. The quantitative estimate of drug-likeness (QED) is 0.905. The van der Waals surface area contributed by atoms with Crippen molar-refractivity contribution in [3.63, 3.8) is 0 Å². The van der Waals surface area contributed by atoms with Crippen LogP contribution in [0.25, 0.3) is 5.69 Å². The normalized spacial score (nSPS) is 27.3. The first-order valence-electron chi connectivity index (χ1n) is 10.2. The monoisotopic (exact) mass is 368 g/mol. The van der Waals surface area contributed by atoms with Crippen LogP contribution in [0.5, 0.6) is 0 Å². The lowest BCUT2D eigenvalue weighted by Gasteiger charge is -2.50. The summed E-state index contributed by atoms with van der Waals surface area (Å²) in [6.45, 7) is 9.35. The number of hydrogen-bond donors (Lipinski definition) is 1. The lowest BCUT2D eigenvalue weighted by Crippen LogP contribution is -2.58. The average molecular weight is 369 g/mol. The molecule has 0 amide bonds. The van der Waals surface area contributed by atoms with Crippen LogP contribution in [0.15, 0.2) is 30.6 Å². The van der Waals surface area contributed by atoms with Crippen LogP contribution in [-0.4, -0.2) is 64.0 Å². The maximum absolute atomic E-state index is 10.8. The van der Waals surface area contributed by atoms with E-state index in [-0.39, 0.29) is 11.5 Å². The van der Waals surface area contributed by atoms with Crippen molar-refractivity contribution in [2.24, 2.45) is 5.41 Å². The van der Waals surface area contributed by atoms with E-state index < -0.39 is 0 Å². The minimum absolute atomic E-state index is 0.0235. The molecule has 2 aliphatic rings. The van der Waals surface area contributed by atoms with E-state index in [1.165, 1.54) is 22.4 Å². The lowest BCUT2D eigenvalue weighted by atomic mass is 9.71. The van der Waals surface area contributed by atoms with E-state index in [9.17, 15) is 5.11 Å². The Balaban J connectivity index is 1.61. The fourth-order valence-electron chi connectivity index (χ4n) is 5.19. The summed E-state index contributed by atoms with van der Waals surface area (Å²) >= 11 is 0. The van der Waals surface area contributed by atoms with E-state index in [2.05, 4.69) is 47.9 Å². The molecule has 0 radical (unpaired) electrons. The van der Waals surface area contributed by atoms with Crippen LogP contribution in [-0.2, 0) is 6.54 Å². The van der Waals surface area contributed by atoms with Gasteiger partial charge in [-0.1, -0.05) is 6.07 Å². The summed E-state index contributed by atoms with van der Waals surface area (Å²) in [5, 5.41) is 15.3. The Morgan fingerprint density at radius 1 is 1.22 bits per heavy atom. The standard InChI is InChI=1S/C22H32N4O/c1-17-12-18(2)19(20(13-17)26-10-5-8-23-26)14-25-9-4-7-22(16-25)15-24(3)11-6-21(22)27/h5,8,10,12-13,21,27H,4,6-7,9,11,14-16H2,1-3H3/t21-,22-/m0/s1. The van der Waals surface area contributed by atoms with Crippen molar-refractivity contribution in [1.82, 2.24) is 19.6 Å². The van der Waals surface area contributed by atoms with Gasteiger partial charge in [0, 0.05) is 44.0 Å². The molecule has 2 atom stereocenters. The summed E-state index contributed by atoms with van der Waals surface area (Å²) in [4.78, 5) is 4.94. The zero-order chi connectivity index (χ0) is 19.0. The third kappa shape index (κ3) is 3.68. The van der Waals surface area contributed by atoms with Crippen molar-refractivity contribution in [2.75, 3.05) is 33.2 Å². The van der Waals surface area contributed by atoms with Crippen LogP contribution >= 0.6 is 0 Å². The average Bonchev–Trinajstić information content (AvgIpc) is 3.15. The number of likely N-dealkylation sites (tertiary alicyclic amines) is 2. The number of aliphatic hydroxyl groups excluding tert-OH is 1. The number of piperidine rings is 2. The molecular weight excluding hydrogens is 336 g/mol. The SMILES string of the molecule is Cc1cc(C)c(CN2CCC[C@]3(CN(C)CC[C@@H]3O)C2)c(-n2cccn2)c1. The van der Waals surface area contributed by atoms with Gasteiger partial charge >= 0.3 is 0 Å². The molecule has 2 aromatic rings. The summed E-state index contributed by atoms with van der Waals surface area (Å²) in [5.74, 6) is 0.